The van der Waals surface area contributed by atoms with Gasteiger partial charge >= 0.3 is 0 Å². The average molecular weight is 249 g/mol. The molecule has 3 nitrogen and oxygen atoms in total. The minimum Gasteiger partial charge on any atom is -0.486 e. The van der Waals surface area contributed by atoms with Crippen molar-refractivity contribution in [3.8, 4) is 5.75 Å². The molecule has 0 saturated carbocycles. The zero-order valence-corrected chi connectivity index (χ0v) is 10.5. The van der Waals surface area contributed by atoms with Gasteiger partial charge < -0.3 is 4.74 Å². The highest BCUT2D eigenvalue weighted by Gasteiger charge is 2.03. The number of ether oxygens (including phenoxy) is 1. The predicted octanol–water partition coefficient (Wildman–Crippen LogP) is 3.33. The van der Waals surface area contributed by atoms with Crippen molar-refractivity contribution in [2.45, 2.75) is 20.5 Å². The number of halogens is 1. The number of aromatic nitrogens is 2. The van der Waals surface area contributed by atoms with Crippen molar-refractivity contribution in [3.63, 3.8) is 0 Å². The number of hydrogen-bond donors (Lipinski definition) is 0. The van der Waals surface area contributed by atoms with Crippen LogP contribution in [0.25, 0.3) is 0 Å². The molecule has 17 heavy (non-hydrogen) atoms. The van der Waals surface area contributed by atoms with Crippen molar-refractivity contribution in [2.24, 2.45) is 0 Å². The van der Waals surface area contributed by atoms with Crippen molar-refractivity contribution < 1.29 is 4.74 Å². The minimum absolute atomic E-state index is 0.372. The van der Waals surface area contributed by atoms with Crippen molar-refractivity contribution in [1.82, 2.24) is 9.97 Å². The van der Waals surface area contributed by atoms with E-state index < -0.39 is 0 Å². The molecule has 1 aromatic carbocycles. The van der Waals surface area contributed by atoms with Crippen LogP contribution in [0.1, 0.15) is 17.0 Å². The van der Waals surface area contributed by atoms with E-state index in [2.05, 4.69) is 9.97 Å². The Bertz CT molecular complexity index is 529. The van der Waals surface area contributed by atoms with E-state index in [-0.39, 0.29) is 0 Å². The van der Waals surface area contributed by atoms with Gasteiger partial charge in [0.1, 0.15) is 12.4 Å². The molecule has 0 aliphatic rings. The lowest BCUT2D eigenvalue weighted by molar-refractivity contribution is 0.300. The third-order valence-electron chi connectivity index (χ3n) is 2.27. The standard InChI is InChI=1S/C13H13ClN2O/c1-9-3-4-13(12(14)5-9)17-8-11-7-15-6-10(2)16-11/h3-7H,8H2,1-2H3. The van der Waals surface area contributed by atoms with E-state index >= 15 is 0 Å². The molecule has 0 bridgehead atoms. The molecule has 0 amide bonds. The van der Waals surface area contributed by atoms with Crippen LogP contribution < -0.4 is 4.74 Å². The van der Waals surface area contributed by atoms with Crippen molar-refractivity contribution >= 4 is 11.6 Å². The zero-order valence-electron chi connectivity index (χ0n) is 9.77. The van der Waals surface area contributed by atoms with E-state index in [9.17, 15) is 0 Å². The summed E-state index contributed by atoms with van der Waals surface area (Å²) >= 11 is 6.07. The second kappa shape index (κ2) is 5.15. The molecule has 0 spiro atoms. The monoisotopic (exact) mass is 248 g/mol. The minimum atomic E-state index is 0.372. The maximum absolute atomic E-state index is 6.07. The third-order valence-corrected chi connectivity index (χ3v) is 2.56. The summed E-state index contributed by atoms with van der Waals surface area (Å²) in [4.78, 5) is 8.36. The number of aryl methyl sites for hydroxylation is 2. The van der Waals surface area contributed by atoms with Crippen LogP contribution in [-0.4, -0.2) is 9.97 Å². The van der Waals surface area contributed by atoms with Crippen LogP contribution >= 0.6 is 11.6 Å². The first-order chi connectivity index (χ1) is 8.15. The van der Waals surface area contributed by atoms with Crippen LogP contribution in [0, 0.1) is 13.8 Å². The van der Waals surface area contributed by atoms with Crippen molar-refractivity contribution in [1.29, 1.82) is 0 Å². The SMILES string of the molecule is Cc1ccc(OCc2cncc(C)n2)c(Cl)c1. The number of rotatable bonds is 3. The predicted molar refractivity (Wildman–Crippen MR) is 67.3 cm³/mol. The Labute approximate surface area is 105 Å². The smallest absolute Gasteiger partial charge is 0.138 e. The van der Waals surface area contributed by atoms with Gasteiger partial charge in [0, 0.05) is 6.20 Å². The number of hydrogen-bond acceptors (Lipinski definition) is 3. The van der Waals surface area contributed by atoms with Gasteiger partial charge in [0.05, 0.1) is 22.6 Å². The highest BCUT2D eigenvalue weighted by atomic mass is 35.5. The topological polar surface area (TPSA) is 35.0 Å². The molecule has 0 radical (unpaired) electrons. The Morgan fingerprint density at radius 1 is 1.24 bits per heavy atom. The van der Waals surface area contributed by atoms with Gasteiger partial charge in [0.2, 0.25) is 0 Å². The lowest BCUT2D eigenvalue weighted by Crippen LogP contribution is -2.00. The van der Waals surface area contributed by atoms with Crippen LogP contribution in [-0.2, 0) is 6.61 Å². The van der Waals surface area contributed by atoms with E-state index in [1.165, 1.54) is 0 Å². The van der Waals surface area contributed by atoms with Crippen LogP contribution in [0.15, 0.2) is 30.6 Å². The van der Waals surface area contributed by atoms with Gasteiger partial charge in [-0.3, -0.25) is 9.97 Å². The maximum atomic E-state index is 6.07. The van der Waals surface area contributed by atoms with Crippen molar-refractivity contribution in [2.75, 3.05) is 0 Å². The Morgan fingerprint density at radius 3 is 2.76 bits per heavy atom. The molecule has 0 aliphatic carbocycles. The van der Waals surface area contributed by atoms with Gasteiger partial charge in [0.25, 0.3) is 0 Å². The van der Waals surface area contributed by atoms with Gasteiger partial charge in [-0.05, 0) is 31.5 Å². The molecule has 0 fully saturated rings. The molecule has 0 N–H and O–H groups in total. The Hall–Kier alpha value is -1.61. The first kappa shape index (κ1) is 11.9. The molecular weight excluding hydrogens is 236 g/mol. The van der Waals surface area contributed by atoms with E-state index in [1.807, 2.05) is 32.0 Å². The Kier molecular flexibility index (Phi) is 3.59. The summed E-state index contributed by atoms with van der Waals surface area (Å²) in [7, 11) is 0. The fourth-order valence-electron chi connectivity index (χ4n) is 1.46. The summed E-state index contributed by atoms with van der Waals surface area (Å²) in [6, 6.07) is 5.70. The molecule has 4 heteroatoms. The van der Waals surface area contributed by atoms with Crippen LogP contribution in [0.4, 0.5) is 0 Å². The molecule has 88 valence electrons. The van der Waals surface area contributed by atoms with E-state index in [4.69, 9.17) is 16.3 Å². The lowest BCUT2D eigenvalue weighted by Gasteiger charge is -2.08. The van der Waals surface area contributed by atoms with E-state index in [0.29, 0.717) is 17.4 Å². The number of nitrogens with zero attached hydrogens (tertiary/aromatic N) is 2. The first-order valence-electron chi connectivity index (χ1n) is 5.31. The van der Waals surface area contributed by atoms with E-state index in [0.717, 1.165) is 17.0 Å². The first-order valence-corrected chi connectivity index (χ1v) is 5.69. The molecule has 0 unspecified atom stereocenters. The average Bonchev–Trinajstić information content (AvgIpc) is 2.28. The highest BCUT2D eigenvalue weighted by Crippen LogP contribution is 2.25. The van der Waals surface area contributed by atoms with Crippen LogP contribution in [0.2, 0.25) is 5.02 Å². The van der Waals surface area contributed by atoms with Crippen molar-refractivity contribution in [3.05, 3.63) is 52.6 Å². The highest BCUT2D eigenvalue weighted by molar-refractivity contribution is 6.32. The molecule has 1 heterocycles. The Morgan fingerprint density at radius 2 is 2.06 bits per heavy atom. The second-order valence-corrected chi connectivity index (χ2v) is 4.28. The maximum Gasteiger partial charge on any atom is 0.138 e. The molecule has 0 atom stereocenters. The fourth-order valence-corrected chi connectivity index (χ4v) is 1.75. The van der Waals surface area contributed by atoms with Gasteiger partial charge in [-0.1, -0.05) is 17.7 Å². The second-order valence-electron chi connectivity index (χ2n) is 3.87. The molecule has 1 aromatic heterocycles. The summed E-state index contributed by atoms with van der Waals surface area (Å²) in [5, 5.41) is 0.616. The summed E-state index contributed by atoms with van der Waals surface area (Å²) in [5.74, 6) is 0.667. The molecule has 2 aromatic rings. The van der Waals surface area contributed by atoms with Crippen LogP contribution in [0.3, 0.4) is 0 Å². The van der Waals surface area contributed by atoms with Gasteiger partial charge in [-0.25, -0.2) is 0 Å². The summed E-state index contributed by atoms with van der Waals surface area (Å²) in [6.45, 7) is 4.26. The lowest BCUT2D eigenvalue weighted by atomic mass is 10.2. The molecule has 2 rings (SSSR count). The van der Waals surface area contributed by atoms with Gasteiger partial charge in [0.15, 0.2) is 0 Å². The van der Waals surface area contributed by atoms with Gasteiger partial charge in [-0.15, -0.1) is 0 Å². The summed E-state index contributed by atoms with van der Waals surface area (Å²) < 4.78 is 5.60. The normalized spacial score (nSPS) is 10.3. The molecular formula is C13H13ClN2O. The quantitative estimate of drug-likeness (QED) is 0.836. The Balaban J connectivity index is 2.07. The molecule has 0 saturated heterocycles. The largest absolute Gasteiger partial charge is 0.486 e. The summed E-state index contributed by atoms with van der Waals surface area (Å²) in [6.07, 6.45) is 3.40. The van der Waals surface area contributed by atoms with Gasteiger partial charge in [-0.2, -0.15) is 0 Å². The zero-order chi connectivity index (χ0) is 12.3. The molecule has 0 aliphatic heterocycles. The van der Waals surface area contributed by atoms with E-state index in [1.54, 1.807) is 12.4 Å². The number of benzene rings is 1. The fraction of sp³-hybridized carbons (Fsp3) is 0.231. The third kappa shape index (κ3) is 3.17. The van der Waals surface area contributed by atoms with Crippen LogP contribution in [0.5, 0.6) is 5.75 Å². The summed E-state index contributed by atoms with van der Waals surface area (Å²) in [5.41, 5.74) is 2.78.